The highest BCUT2D eigenvalue weighted by molar-refractivity contribution is 5.48. The summed E-state index contributed by atoms with van der Waals surface area (Å²) < 4.78 is 4.99. The maximum atomic E-state index is 10.9. The summed E-state index contributed by atoms with van der Waals surface area (Å²) in [6.07, 6.45) is 2.59. The van der Waals surface area contributed by atoms with E-state index in [4.69, 9.17) is 4.74 Å². The van der Waals surface area contributed by atoms with Gasteiger partial charge in [-0.3, -0.25) is 10.1 Å². The van der Waals surface area contributed by atoms with Crippen LogP contribution in [0, 0.1) is 10.1 Å². The lowest BCUT2D eigenvalue weighted by molar-refractivity contribution is -0.385. The largest absolute Gasteiger partial charge is 0.490 e. The van der Waals surface area contributed by atoms with Crippen molar-refractivity contribution in [3.8, 4) is 5.75 Å². The molecule has 0 amide bonds. The van der Waals surface area contributed by atoms with Crippen LogP contribution in [0.3, 0.4) is 0 Å². The van der Waals surface area contributed by atoms with Crippen molar-refractivity contribution in [1.82, 2.24) is 10.2 Å². The van der Waals surface area contributed by atoms with Crippen molar-refractivity contribution < 1.29 is 9.66 Å². The molecule has 1 heterocycles. The molecule has 6 nitrogen and oxygen atoms in total. The predicted molar refractivity (Wildman–Crippen MR) is 77.0 cm³/mol. The predicted octanol–water partition coefficient (Wildman–Crippen LogP) is 1.79. The zero-order valence-corrected chi connectivity index (χ0v) is 11.8. The first-order valence-corrected chi connectivity index (χ1v) is 6.95. The summed E-state index contributed by atoms with van der Waals surface area (Å²) in [5.41, 5.74) is 0.922. The minimum absolute atomic E-state index is 0.0198. The molecule has 110 valence electrons. The Labute approximate surface area is 118 Å². The molecule has 20 heavy (non-hydrogen) atoms. The van der Waals surface area contributed by atoms with E-state index in [0.29, 0.717) is 12.3 Å². The van der Waals surface area contributed by atoms with Crippen LogP contribution >= 0.6 is 0 Å². The molecule has 2 rings (SSSR count). The average molecular weight is 279 g/mol. The fraction of sp³-hybridized carbons (Fsp3) is 0.571. The van der Waals surface area contributed by atoms with E-state index in [1.54, 1.807) is 12.1 Å². The number of likely N-dealkylation sites (tertiary alicyclic amines) is 1. The molecule has 0 saturated carbocycles. The number of nitrogens with one attached hydrogen (secondary N) is 1. The number of rotatable bonds is 7. The maximum Gasteiger partial charge on any atom is 0.311 e. The summed E-state index contributed by atoms with van der Waals surface area (Å²) >= 11 is 0. The van der Waals surface area contributed by atoms with Gasteiger partial charge in [-0.25, -0.2) is 0 Å². The van der Waals surface area contributed by atoms with Gasteiger partial charge in [0, 0.05) is 25.7 Å². The molecule has 1 aromatic rings. The molecular weight excluding hydrogens is 258 g/mol. The summed E-state index contributed by atoms with van der Waals surface area (Å²) in [5, 5.41) is 14.3. The molecule has 0 unspecified atom stereocenters. The van der Waals surface area contributed by atoms with Gasteiger partial charge in [-0.05, 0) is 37.6 Å². The molecule has 0 aromatic heterocycles. The van der Waals surface area contributed by atoms with Gasteiger partial charge in [-0.15, -0.1) is 0 Å². The van der Waals surface area contributed by atoms with Gasteiger partial charge in [-0.2, -0.15) is 0 Å². The summed E-state index contributed by atoms with van der Waals surface area (Å²) in [4.78, 5) is 13.0. The molecule has 0 atom stereocenters. The topological polar surface area (TPSA) is 67.6 Å². The zero-order chi connectivity index (χ0) is 14.4. The third-order valence-corrected chi connectivity index (χ3v) is 3.57. The number of ether oxygens (including phenoxy) is 1. The van der Waals surface area contributed by atoms with Crippen LogP contribution in [0.1, 0.15) is 18.4 Å². The van der Waals surface area contributed by atoms with Gasteiger partial charge < -0.3 is 15.0 Å². The Hall–Kier alpha value is -1.66. The molecule has 1 fully saturated rings. The van der Waals surface area contributed by atoms with Crippen LogP contribution in [-0.4, -0.2) is 43.1 Å². The lowest BCUT2D eigenvalue weighted by atomic mass is 10.2. The van der Waals surface area contributed by atoms with E-state index in [1.165, 1.54) is 33.0 Å². The van der Waals surface area contributed by atoms with Gasteiger partial charge in [-0.1, -0.05) is 6.07 Å². The highest BCUT2D eigenvalue weighted by Crippen LogP contribution is 2.27. The molecule has 1 saturated heterocycles. The van der Waals surface area contributed by atoms with E-state index < -0.39 is 4.92 Å². The second-order valence-corrected chi connectivity index (χ2v) is 4.99. The van der Waals surface area contributed by atoms with Crippen molar-refractivity contribution >= 4 is 5.69 Å². The summed E-state index contributed by atoms with van der Waals surface area (Å²) in [5.74, 6) is 0.302. The molecule has 1 N–H and O–H groups in total. The Balaban J connectivity index is 1.83. The van der Waals surface area contributed by atoms with Crippen molar-refractivity contribution in [2.75, 3.05) is 33.3 Å². The molecule has 0 radical (unpaired) electrons. The normalized spacial score (nSPS) is 15.4. The van der Waals surface area contributed by atoms with Crippen molar-refractivity contribution in [1.29, 1.82) is 0 Å². The van der Waals surface area contributed by atoms with Crippen LogP contribution in [-0.2, 0) is 6.54 Å². The standard InChI is InChI=1S/C14H21N3O3/c1-20-14-5-4-12(10-13(14)17(18)19)11-15-6-9-16-7-2-3-8-16/h4-5,10,15H,2-3,6-9,11H2,1H3. The van der Waals surface area contributed by atoms with Crippen LogP contribution in [0.4, 0.5) is 5.69 Å². The zero-order valence-electron chi connectivity index (χ0n) is 11.8. The van der Waals surface area contributed by atoms with Crippen LogP contribution in [0.25, 0.3) is 0 Å². The first kappa shape index (κ1) is 14.7. The number of benzene rings is 1. The minimum atomic E-state index is -0.410. The summed E-state index contributed by atoms with van der Waals surface area (Å²) in [7, 11) is 1.44. The lowest BCUT2D eigenvalue weighted by Crippen LogP contribution is -2.29. The monoisotopic (exact) mass is 279 g/mol. The summed E-state index contributed by atoms with van der Waals surface area (Å²) in [6, 6.07) is 5.08. The minimum Gasteiger partial charge on any atom is -0.490 e. The highest BCUT2D eigenvalue weighted by atomic mass is 16.6. The van der Waals surface area contributed by atoms with E-state index in [0.717, 1.165) is 18.7 Å². The number of hydrogen-bond acceptors (Lipinski definition) is 5. The van der Waals surface area contributed by atoms with Crippen LogP contribution in [0.2, 0.25) is 0 Å². The summed E-state index contributed by atoms with van der Waals surface area (Å²) in [6.45, 7) is 4.96. The number of hydrogen-bond donors (Lipinski definition) is 1. The SMILES string of the molecule is COc1ccc(CNCCN2CCCC2)cc1[N+](=O)[O-]. The van der Waals surface area contributed by atoms with Gasteiger partial charge in [0.2, 0.25) is 0 Å². The second kappa shape index (κ2) is 7.21. The quantitative estimate of drug-likeness (QED) is 0.468. The fourth-order valence-electron chi connectivity index (χ4n) is 2.46. The Kier molecular flexibility index (Phi) is 5.31. The molecule has 1 aromatic carbocycles. The molecule has 0 bridgehead atoms. The Morgan fingerprint density at radius 1 is 1.40 bits per heavy atom. The van der Waals surface area contributed by atoms with Crippen molar-refractivity contribution in [3.63, 3.8) is 0 Å². The average Bonchev–Trinajstić information content (AvgIpc) is 2.96. The van der Waals surface area contributed by atoms with Gasteiger partial charge in [0.1, 0.15) is 0 Å². The molecular formula is C14H21N3O3. The molecule has 0 aliphatic carbocycles. The van der Waals surface area contributed by atoms with E-state index in [1.807, 2.05) is 6.07 Å². The smallest absolute Gasteiger partial charge is 0.311 e. The number of nitrogens with zero attached hydrogens (tertiary/aromatic N) is 2. The lowest BCUT2D eigenvalue weighted by Gasteiger charge is -2.14. The van der Waals surface area contributed by atoms with Gasteiger partial charge in [0.25, 0.3) is 0 Å². The fourth-order valence-corrected chi connectivity index (χ4v) is 2.46. The van der Waals surface area contributed by atoms with E-state index in [2.05, 4.69) is 10.2 Å². The third-order valence-electron chi connectivity index (χ3n) is 3.57. The van der Waals surface area contributed by atoms with Gasteiger partial charge in [0.15, 0.2) is 5.75 Å². The van der Waals surface area contributed by atoms with Crippen molar-refractivity contribution in [2.24, 2.45) is 0 Å². The number of nitro benzene ring substituents is 1. The molecule has 6 heteroatoms. The van der Waals surface area contributed by atoms with E-state index in [9.17, 15) is 10.1 Å². The Morgan fingerprint density at radius 3 is 2.80 bits per heavy atom. The van der Waals surface area contributed by atoms with Gasteiger partial charge in [0.05, 0.1) is 12.0 Å². The Morgan fingerprint density at radius 2 is 2.15 bits per heavy atom. The van der Waals surface area contributed by atoms with Crippen LogP contribution in [0.5, 0.6) is 5.75 Å². The maximum absolute atomic E-state index is 10.9. The molecule has 1 aliphatic heterocycles. The molecule has 1 aliphatic rings. The highest BCUT2D eigenvalue weighted by Gasteiger charge is 2.15. The van der Waals surface area contributed by atoms with Crippen LogP contribution in [0.15, 0.2) is 18.2 Å². The van der Waals surface area contributed by atoms with Crippen molar-refractivity contribution in [3.05, 3.63) is 33.9 Å². The number of methoxy groups -OCH3 is 1. The van der Waals surface area contributed by atoms with Crippen molar-refractivity contribution in [2.45, 2.75) is 19.4 Å². The van der Waals surface area contributed by atoms with E-state index in [-0.39, 0.29) is 5.69 Å². The third kappa shape index (κ3) is 3.91. The van der Waals surface area contributed by atoms with Gasteiger partial charge >= 0.3 is 5.69 Å². The molecule has 0 spiro atoms. The number of nitro groups is 1. The van der Waals surface area contributed by atoms with E-state index >= 15 is 0 Å². The first-order valence-electron chi connectivity index (χ1n) is 6.95. The Bertz CT molecular complexity index is 459. The van der Waals surface area contributed by atoms with Crippen LogP contribution < -0.4 is 10.1 Å². The first-order chi connectivity index (χ1) is 9.70. The second-order valence-electron chi connectivity index (χ2n) is 4.99.